The number of aliphatic hydroxyl groups excluding tert-OH is 1. The first-order valence-electron chi connectivity index (χ1n) is 6.40. The third kappa shape index (κ3) is 4.55. The van der Waals surface area contributed by atoms with Crippen molar-refractivity contribution in [3.8, 4) is 5.75 Å². The van der Waals surface area contributed by atoms with Crippen molar-refractivity contribution >= 4 is 5.69 Å². The minimum Gasteiger partial charge on any atom is -0.497 e. The zero-order valence-electron chi connectivity index (χ0n) is 11.5. The molecular weight excluding hydrogens is 228 g/mol. The lowest BCUT2D eigenvalue weighted by molar-refractivity contribution is 0.238. The molecular formula is C14H24N2O2. The molecule has 4 heteroatoms. The lowest BCUT2D eigenvalue weighted by atomic mass is 10.2. The number of anilines is 1. The topological polar surface area (TPSA) is 44.7 Å². The van der Waals surface area contributed by atoms with Gasteiger partial charge in [0.15, 0.2) is 0 Å². The van der Waals surface area contributed by atoms with Crippen LogP contribution in [0.1, 0.15) is 13.3 Å². The summed E-state index contributed by atoms with van der Waals surface area (Å²) in [7, 11) is 3.73. The fourth-order valence-electron chi connectivity index (χ4n) is 1.86. The minimum atomic E-state index is 0.177. The van der Waals surface area contributed by atoms with Crippen molar-refractivity contribution in [1.82, 2.24) is 5.32 Å². The normalized spacial score (nSPS) is 12.2. The predicted molar refractivity (Wildman–Crippen MR) is 75.4 cm³/mol. The highest BCUT2D eigenvalue weighted by atomic mass is 16.5. The molecule has 0 aliphatic heterocycles. The summed E-state index contributed by atoms with van der Waals surface area (Å²) in [6.07, 6.45) is 0.923. The second kappa shape index (κ2) is 7.95. The largest absolute Gasteiger partial charge is 0.497 e. The number of rotatable bonds is 8. The Kier molecular flexibility index (Phi) is 6.54. The van der Waals surface area contributed by atoms with Gasteiger partial charge in [-0.15, -0.1) is 0 Å². The fourth-order valence-corrected chi connectivity index (χ4v) is 1.86. The second-order valence-electron chi connectivity index (χ2n) is 4.35. The number of methoxy groups -OCH3 is 1. The Bertz CT molecular complexity index is 327. The third-order valence-corrected chi connectivity index (χ3v) is 3.04. The summed E-state index contributed by atoms with van der Waals surface area (Å²) in [6, 6.07) is 8.18. The summed E-state index contributed by atoms with van der Waals surface area (Å²) < 4.78 is 5.13. The number of nitrogens with one attached hydrogen (secondary N) is 1. The first kappa shape index (κ1) is 14.8. The fraction of sp³-hybridized carbons (Fsp3) is 0.571. The van der Waals surface area contributed by atoms with Crippen LogP contribution in [-0.2, 0) is 0 Å². The van der Waals surface area contributed by atoms with Crippen molar-refractivity contribution < 1.29 is 9.84 Å². The van der Waals surface area contributed by atoms with Gasteiger partial charge in [0.2, 0.25) is 0 Å². The van der Waals surface area contributed by atoms with E-state index in [2.05, 4.69) is 24.2 Å². The van der Waals surface area contributed by atoms with E-state index < -0.39 is 0 Å². The van der Waals surface area contributed by atoms with Crippen LogP contribution in [-0.4, -0.2) is 45.0 Å². The molecule has 0 aromatic heterocycles. The predicted octanol–water partition coefficient (Wildman–Crippen LogP) is 1.49. The van der Waals surface area contributed by atoms with Crippen molar-refractivity contribution in [1.29, 1.82) is 0 Å². The molecule has 0 bridgehead atoms. The number of nitrogens with zero attached hydrogens (tertiary/aromatic N) is 1. The van der Waals surface area contributed by atoms with Crippen LogP contribution >= 0.6 is 0 Å². The zero-order valence-corrected chi connectivity index (χ0v) is 11.5. The first-order chi connectivity index (χ1) is 8.71. The van der Waals surface area contributed by atoms with Gasteiger partial charge >= 0.3 is 0 Å². The van der Waals surface area contributed by atoms with Crippen LogP contribution in [0, 0.1) is 0 Å². The van der Waals surface area contributed by atoms with Gasteiger partial charge in [0.1, 0.15) is 5.75 Å². The Morgan fingerprint density at radius 1 is 1.33 bits per heavy atom. The number of aliphatic hydroxyl groups is 1. The Labute approximate surface area is 110 Å². The van der Waals surface area contributed by atoms with Gasteiger partial charge in [0.25, 0.3) is 0 Å². The number of benzene rings is 1. The Morgan fingerprint density at radius 3 is 2.50 bits per heavy atom. The van der Waals surface area contributed by atoms with Crippen molar-refractivity contribution in [2.45, 2.75) is 19.4 Å². The van der Waals surface area contributed by atoms with E-state index in [1.54, 1.807) is 7.11 Å². The van der Waals surface area contributed by atoms with E-state index in [4.69, 9.17) is 4.74 Å². The number of likely N-dealkylation sites (N-methyl/N-ethyl adjacent to an activating group) is 1. The smallest absolute Gasteiger partial charge is 0.119 e. The molecule has 2 N–H and O–H groups in total. The summed E-state index contributed by atoms with van der Waals surface area (Å²) in [5, 5.41) is 12.5. The molecule has 1 rings (SSSR count). The molecule has 0 amide bonds. The van der Waals surface area contributed by atoms with Crippen molar-refractivity contribution in [2.75, 3.05) is 38.8 Å². The van der Waals surface area contributed by atoms with Crippen LogP contribution in [0.5, 0.6) is 5.75 Å². The van der Waals surface area contributed by atoms with E-state index in [0.717, 1.165) is 30.9 Å². The molecule has 1 aromatic rings. The molecule has 1 unspecified atom stereocenters. The standard InChI is InChI=1S/C14H24N2O2/c1-4-15-12(11-17)9-10-16(2)13-5-7-14(18-3)8-6-13/h5-8,12,15,17H,4,9-11H2,1-3H3. The molecule has 102 valence electrons. The van der Waals surface area contributed by atoms with Gasteiger partial charge in [-0.05, 0) is 37.2 Å². The van der Waals surface area contributed by atoms with E-state index in [1.165, 1.54) is 0 Å². The molecule has 0 fully saturated rings. The molecule has 0 saturated carbocycles. The van der Waals surface area contributed by atoms with Gasteiger partial charge in [-0.1, -0.05) is 6.92 Å². The summed E-state index contributed by atoms with van der Waals surface area (Å²) in [4.78, 5) is 2.18. The van der Waals surface area contributed by atoms with Gasteiger partial charge in [0.05, 0.1) is 13.7 Å². The molecule has 4 nitrogen and oxygen atoms in total. The van der Waals surface area contributed by atoms with Crippen LogP contribution in [0.25, 0.3) is 0 Å². The summed E-state index contributed by atoms with van der Waals surface area (Å²) >= 11 is 0. The minimum absolute atomic E-state index is 0.177. The molecule has 1 atom stereocenters. The van der Waals surface area contributed by atoms with E-state index in [9.17, 15) is 5.11 Å². The van der Waals surface area contributed by atoms with Crippen molar-refractivity contribution in [2.24, 2.45) is 0 Å². The molecule has 0 saturated heterocycles. The van der Waals surface area contributed by atoms with Crippen LogP contribution < -0.4 is 15.0 Å². The first-order valence-corrected chi connectivity index (χ1v) is 6.40. The van der Waals surface area contributed by atoms with Gasteiger partial charge in [-0.25, -0.2) is 0 Å². The van der Waals surface area contributed by atoms with Gasteiger partial charge in [0, 0.05) is 25.3 Å². The third-order valence-electron chi connectivity index (χ3n) is 3.04. The Balaban J connectivity index is 2.45. The lowest BCUT2D eigenvalue weighted by Crippen LogP contribution is -2.35. The monoisotopic (exact) mass is 252 g/mol. The Hall–Kier alpha value is -1.26. The number of hydrogen-bond donors (Lipinski definition) is 2. The number of hydrogen-bond acceptors (Lipinski definition) is 4. The highest BCUT2D eigenvalue weighted by Gasteiger charge is 2.07. The lowest BCUT2D eigenvalue weighted by Gasteiger charge is -2.23. The van der Waals surface area contributed by atoms with Gasteiger partial charge in [-0.2, -0.15) is 0 Å². The summed E-state index contributed by atoms with van der Waals surface area (Å²) in [5.41, 5.74) is 1.16. The quantitative estimate of drug-likeness (QED) is 0.736. The van der Waals surface area contributed by atoms with Crippen LogP contribution in [0.4, 0.5) is 5.69 Å². The van der Waals surface area contributed by atoms with Gasteiger partial charge < -0.3 is 20.1 Å². The average molecular weight is 252 g/mol. The zero-order chi connectivity index (χ0) is 13.4. The van der Waals surface area contributed by atoms with Crippen LogP contribution in [0.3, 0.4) is 0 Å². The SMILES string of the molecule is CCNC(CO)CCN(C)c1ccc(OC)cc1. The molecule has 1 aromatic carbocycles. The van der Waals surface area contributed by atoms with E-state index in [1.807, 2.05) is 24.3 Å². The number of ether oxygens (including phenoxy) is 1. The maximum atomic E-state index is 9.21. The van der Waals surface area contributed by atoms with E-state index in [0.29, 0.717) is 0 Å². The van der Waals surface area contributed by atoms with Gasteiger partial charge in [-0.3, -0.25) is 0 Å². The molecule has 0 spiro atoms. The summed E-state index contributed by atoms with van der Waals surface area (Å²) in [6.45, 7) is 4.03. The maximum Gasteiger partial charge on any atom is 0.119 e. The molecule has 0 aliphatic carbocycles. The second-order valence-corrected chi connectivity index (χ2v) is 4.35. The van der Waals surface area contributed by atoms with Crippen LogP contribution in [0.2, 0.25) is 0 Å². The molecule has 0 aliphatic rings. The highest BCUT2D eigenvalue weighted by molar-refractivity contribution is 5.48. The van der Waals surface area contributed by atoms with Crippen LogP contribution in [0.15, 0.2) is 24.3 Å². The maximum absolute atomic E-state index is 9.21. The van der Waals surface area contributed by atoms with Crippen molar-refractivity contribution in [3.63, 3.8) is 0 Å². The molecule has 0 heterocycles. The Morgan fingerprint density at radius 2 is 2.00 bits per heavy atom. The van der Waals surface area contributed by atoms with E-state index in [-0.39, 0.29) is 12.6 Å². The highest BCUT2D eigenvalue weighted by Crippen LogP contribution is 2.18. The van der Waals surface area contributed by atoms with E-state index >= 15 is 0 Å². The molecule has 18 heavy (non-hydrogen) atoms. The average Bonchev–Trinajstić information content (AvgIpc) is 2.43. The molecule has 0 radical (unpaired) electrons. The summed E-state index contributed by atoms with van der Waals surface area (Å²) in [5.74, 6) is 0.869. The van der Waals surface area contributed by atoms with Crippen molar-refractivity contribution in [3.05, 3.63) is 24.3 Å².